The van der Waals surface area contributed by atoms with Crippen molar-refractivity contribution in [2.45, 2.75) is 19.8 Å². The van der Waals surface area contributed by atoms with Crippen molar-refractivity contribution < 1.29 is 9.59 Å². The molecule has 0 aliphatic heterocycles. The van der Waals surface area contributed by atoms with Gasteiger partial charge in [0.2, 0.25) is 0 Å². The number of carbonyl (C=O) groups is 2. The van der Waals surface area contributed by atoms with E-state index in [-0.39, 0.29) is 11.6 Å². The molecule has 0 bridgehead atoms. The zero-order chi connectivity index (χ0) is 8.72. The lowest BCUT2D eigenvalue weighted by Crippen LogP contribution is -1.91. The Bertz CT molecular complexity index is 363. The molecule has 0 N–H and O–H groups in total. The van der Waals surface area contributed by atoms with Gasteiger partial charge in [0.25, 0.3) is 0 Å². The lowest BCUT2D eigenvalue weighted by Gasteiger charge is -1.91. The highest BCUT2D eigenvalue weighted by Crippen LogP contribution is 2.30. The highest BCUT2D eigenvalue weighted by atomic mass is 32.1. The van der Waals surface area contributed by atoms with E-state index in [0.29, 0.717) is 6.42 Å². The first-order chi connectivity index (χ1) is 5.70. The summed E-state index contributed by atoms with van der Waals surface area (Å²) < 4.78 is 0. The van der Waals surface area contributed by atoms with E-state index in [1.165, 1.54) is 11.3 Å². The molecule has 0 spiro atoms. The molecule has 0 radical (unpaired) electrons. The molecule has 0 atom stereocenters. The van der Waals surface area contributed by atoms with Crippen molar-refractivity contribution in [3.05, 3.63) is 21.4 Å². The summed E-state index contributed by atoms with van der Waals surface area (Å²) in [6.07, 6.45) is 1.34. The van der Waals surface area contributed by atoms with Gasteiger partial charge < -0.3 is 0 Å². The largest absolute Gasteiger partial charge is 0.294 e. The van der Waals surface area contributed by atoms with Crippen molar-refractivity contribution in [2.24, 2.45) is 0 Å². The van der Waals surface area contributed by atoms with Gasteiger partial charge in [-0.2, -0.15) is 0 Å². The van der Waals surface area contributed by atoms with Gasteiger partial charge in [-0.3, -0.25) is 9.59 Å². The predicted octanol–water partition coefficient (Wildman–Crippen LogP) is 2.08. The second-order valence-electron chi connectivity index (χ2n) is 2.94. The first-order valence-corrected chi connectivity index (χ1v) is 4.72. The van der Waals surface area contributed by atoms with Crippen molar-refractivity contribution in [3.63, 3.8) is 0 Å². The average Bonchev–Trinajstić information content (AvgIpc) is 2.53. The van der Waals surface area contributed by atoms with Gasteiger partial charge in [0.15, 0.2) is 11.6 Å². The number of hydrogen-bond acceptors (Lipinski definition) is 3. The topological polar surface area (TPSA) is 34.1 Å². The Balaban J connectivity index is 2.56. The van der Waals surface area contributed by atoms with Crippen LogP contribution in [0, 0.1) is 0 Å². The Labute approximate surface area is 74.2 Å². The molecule has 1 aliphatic carbocycles. The van der Waals surface area contributed by atoms with E-state index in [1.54, 1.807) is 12.3 Å². The van der Waals surface area contributed by atoms with Gasteiger partial charge in [-0.15, -0.1) is 11.3 Å². The third kappa shape index (κ3) is 0.932. The number of Topliss-reactive ketones (excluding diaryl/α,β-unsaturated/α-hetero) is 2. The Morgan fingerprint density at radius 2 is 2.25 bits per heavy atom. The van der Waals surface area contributed by atoms with Gasteiger partial charge in [-0.25, -0.2) is 0 Å². The molecule has 0 saturated carbocycles. The lowest BCUT2D eigenvalue weighted by molar-refractivity contribution is 0.0992. The Kier molecular flexibility index (Phi) is 1.61. The number of rotatable bonds is 1. The standard InChI is InChI=1S/C9H8O2S/c1-5(10)9-6-2-3-8(11)7(6)4-12-9/h4H,2-3H2,1H3. The van der Waals surface area contributed by atoms with Gasteiger partial charge in [0.1, 0.15) is 0 Å². The van der Waals surface area contributed by atoms with Gasteiger partial charge in [-0.05, 0) is 18.9 Å². The van der Waals surface area contributed by atoms with E-state index >= 15 is 0 Å². The number of ketones is 2. The third-order valence-electron chi connectivity index (χ3n) is 2.12. The van der Waals surface area contributed by atoms with Gasteiger partial charge in [0.05, 0.1) is 4.88 Å². The van der Waals surface area contributed by atoms with Crippen molar-refractivity contribution in [1.82, 2.24) is 0 Å². The van der Waals surface area contributed by atoms with Gasteiger partial charge >= 0.3 is 0 Å². The molecule has 1 aliphatic rings. The summed E-state index contributed by atoms with van der Waals surface area (Å²) in [7, 11) is 0. The number of carbonyl (C=O) groups excluding carboxylic acids is 2. The fourth-order valence-corrected chi connectivity index (χ4v) is 2.56. The highest BCUT2D eigenvalue weighted by Gasteiger charge is 2.25. The minimum absolute atomic E-state index is 0.0796. The Hall–Kier alpha value is -0.960. The van der Waals surface area contributed by atoms with E-state index < -0.39 is 0 Å². The molecular weight excluding hydrogens is 172 g/mol. The monoisotopic (exact) mass is 180 g/mol. The first kappa shape index (κ1) is 7.68. The molecule has 1 aromatic rings. The number of thiophene rings is 1. The SMILES string of the molecule is CC(=O)c1scc2c1CCC2=O. The van der Waals surface area contributed by atoms with Crippen LogP contribution >= 0.6 is 11.3 Å². The first-order valence-electron chi connectivity index (χ1n) is 3.84. The maximum Gasteiger partial charge on any atom is 0.170 e. The van der Waals surface area contributed by atoms with Crippen LogP contribution in [0.4, 0.5) is 0 Å². The van der Waals surface area contributed by atoms with Crippen LogP contribution in [-0.4, -0.2) is 11.6 Å². The molecule has 62 valence electrons. The fourth-order valence-electron chi connectivity index (χ4n) is 1.53. The van der Waals surface area contributed by atoms with E-state index in [9.17, 15) is 9.59 Å². The zero-order valence-electron chi connectivity index (χ0n) is 6.72. The number of hydrogen-bond donors (Lipinski definition) is 0. The minimum atomic E-state index is 0.0796. The van der Waals surface area contributed by atoms with Crippen LogP contribution in [0.15, 0.2) is 5.38 Å². The van der Waals surface area contributed by atoms with Crippen molar-refractivity contribution in [1.29, 1.82) is 0 Å². The summed E-state index contributed by atoms with van der Waals surface area (Å²) in [5.41, 5.74) is 1.77. The zero-order valence-corrected chi connectivity index (χ0v) is 7.53. The van der Waals surface area contributed by atoms with E-state index in [1.807, 2.05) is 0 Å². The summed E-state index contributed by atoms with van der Waals surface area (Å²) in [5, 5.41) is 1.81. The van der Waals surface area contributed by atoms with Crippen LogP contribution < -0.4 is 0 Å². The third-order valence-corrected chi connectivity index (χ3v) is 3.24. The number of fused-ring (bicyclic) bond motifs is 1. The van der Waals surface area contributed by atoms with Crippen LogP contribution in [0.5, 0.6) is 0 Å². The summed E-state index contributed by atoms with van der Waals surface area (Å²) >= 11 is 1.39. The van der Waals surface area contributed by atoms with Crippen LogP contribution in [0.1, 0.15) is 38.9 Å². The smallest absolute Gasteiger partial charge is 0.170 e. The minimum Gasteiger partial charge on any atom is -0.294 e. The van der Waals surface area contributed by atoms with Crippen molar-refractivity contribution in [2.75, 3.05) is 0 Å². The molecule has 2 nitrogen and oxygen atoms in total. The maximum atomic E-state index is 11.2. The van der Waals surface area contributed by atoms with Crippen LogP contribution in [0.25, 0.3) is 0 Å². The second kappa shape index (κ2) is 2.52. The van der Waals surface area contributed by atoms with Crippen LogP contribution in [0.3, 0.4) is 0 Å². The van der Waals surface area contributed by atoms with E-state index in [0.717, 1.165) is 22.4 Å². The average molecular weight is 180 g/mol. The molecule has 0 saturated heterocycles. The molecule has 0 amide bonds. The summed E-state index contributed by atoms with van der Waals surface area (Å²) in [4.78, 5) is 23.0. The summed E-state index contributed by atoms with van der Waals surface area (Å²) in [5.74, 6) is 0.268. The lowest BCUT2D eigenvalue weighted by atomic mass is 10.1. The predicted molar refractivity (Wildman–Crippen MR) is 47.0 cm³/mol. The molecule has 2 rings (SSSR count). The molecule has 0 aromatic carbocycles. The Morgan fingerprint density at radius 3 is 2.92 bits per heavy atom. The normalized spacial score (nSPS) is 14.9. The summed E-state index contributed by atoms with van der Waals surface area (Å²) in [6, 6.07) is 0. The van der Waals surface area contributed by atoms with Gasteiger partial charge in [0, 0.05) is 17.4 Å². The molecule has 1 aromatic heterocycles. The molecule has 1 heterocycles. The van der Waals surface area contributed by atoms with Gasteiger partial charge in [-0.1, -0.05) is 0 Å². The van der Waals surface area contributed by atoms with E-state index in [2.05, 4.69) is 0 Å². The van der Waals surface area contributed by atoms with Crippen LogP contribution in [0.2, 0.25) is 0 Å². The van der Waals surface area contributed by atoms with Crippen LogP contribution in [-0.2, 0) is 6.42 Å². The Morgan fingerprint density at radius 1 is 1.50 bits per heavy atom. The second-order valence-corrected chi connectivity index (χ2v) is 3.82. The molecular formula is C9H8O2S. The van der Waals surface area contributed by atoms with Crippen molar-refractivity contribution in [3.8, 4) is 0 Å². The molecule has 0 unspecified atom stereocenters. The quantitative estimate of drug-likeness (QED) is 0.620. The molecule has 3 heteroatoms. The highest BCUT2D eigenvalue weighted by molar-refractivity contribution is 7.12. The van der Waals surface area contributed by atoms with E-state index in [4.69, 9.17) is 0 Å². The fraction of sp³-hybridized carbons (Fsp3) is 0.333. The summed E-state index contributed by atoms with van der Waals surface area (Å²) in [6.45, 7) is 1.55. The molecule has 12 heavy (non-hydrogen) atoms. The van der Waals surface area contributed by atoms with Crippen molar-refractivity contribution >= 4 is 22.9 Å². The molecule has 0 fully saturated rings. The maximum absolute atomic E-state index is 11.2.